The smallest absolute Gasteiger partial charge is 0.252 e. The molecule has 0 saturated heterocycles. The molecule has 0 bridgehead atoms. The first-order chi connectivity index (χ1) is 8.58. The van der Waals surface area contributed by atoms with Crippen molar-refractivity contribution >= 4 is 11.6 Å². The minimum atomic E-state index is -0.499. The van der Waals surface area contributed by atoms with Crippen LogP contribution >= 0.6 is 0 Å². The van der Waals surface area contributed by atoms with Crippen molar-refractivity contribution in [2.75, 3.05) is 5.73 Å². The van der Waals surface area contributed by atoms with Crippen molar-refractivity contribution in [3.8, 4) is 5.75 Å². The van der Waals surface area contributed by atoms with Crippen LogP contribution in [-0.4, -0.2) is 12.0 Å². The zero-order valence-corrected chi connectivity index (χ0v) is 10.7. The van der Waals surface area contributed by atoms with Crippen molar-refractivity contribution in [3.63, 3.8) is 0 Å². The van der Waals surface area contributed by atoms with E-state index in [2.05, 4.69) is 6.92 Å². The Morgan fingerprint density at radius 1 is 1.28 bits per heavy atom. The Morgan fingerprint density at radius 3 is 2.56 bits per heavy atom. The number of primary amides is 1. The van der Waals surface area contributed by atoms with E-state index in [1.165, 1.54) is 0 Å². The van der Waals surface area contributed by atoms with Gasteiger partial charge in [0, 0.05) is 0 Å². The van der Waals surface area contributed by atoms with Gasteiger partial charge in [-0.25, -0.2) is 0 Å². The molecule has 0 spiro atoms. The topological polar surface area (TPSA) is 78.3 Å². The Kier molecular flexibility index (Phi) is 3.75. The average molecular weight is 248 g/mol. The monoisotopic (exact) mass is 248 g/mol. The van der Waals surface area contributed by atoms with Gasteiger partial charge in [0.2, 0.25) is 0 Å². The zero-order valence-electron chi connectivity index (χ0n) is 10.7. The van der Waals surface area contributed by atoms with Crippen LogP contribution in [0.5, 0.6) is 5.75 Å². The predicted octanol–water partition coefficient (Wildman–Crippen LogP) is 2.33. The molecule has 2 rings (SSSR count). The lowest BCUT2D eigenvalue weighted by Gasteiger charge is -2.27. The fraction of sp³-hybridized carbons (Fsp3) is 0.500. The van der Waals surface area contributed by atoms with Gasteiger partial charge in [-0.2, -0.15) is 0 Å². The van der Waals surface area contributed by atoms with Gasteiger partial charge in [0.15, 0.2) is 5.75 Å². The van der Waals surface area contributed by atoms with Crippen LogP contribution in [0.25, 0.3) is 0 Å². The largest absolute Gasteiger partial charge is 0.487 e. The summed E-state index contributed by atoms with van der Waals surface area (Å²) in [5.74, 6) is 0.708. The molecule has 0 aromatic heterocycles. The molecule has 1 aromatic carbocycles. The van der Waals surface area contributed by atoms with Gasteiger partial charge in [-0.1, -0.05) is 13.0 Å². The first-order valence-corrected chi connectivity index (χ1v) is 6.43. The van der Waals surface area contributed by atoms with Crippen molar-refractivity contribution in [2.45, 2.75) is 38.7 Å². The number of para-hydroxylation sites is 1. The van der Waals surface area contributed by atoms with Crippen molar-refractivity contribution in [1.29, 1.82) is 0 Å². The summed E-state index contributed by atoms with van der Waals surface area (Å²) in [4.78, 5) is 11.4. The van der Waals surface area contributed by atoms with Gasteiger partial charge in [0.05, 0.1) is 17.4 Å². The summed E-state index contributed by atoms with van der Waals surface area (Å²) in [6, 6.07) is 5.10. The third kappa shape index (κ3) is 2.75. The lowest BCUT2D eigenvalue weighted by molar-refractivity contribution is 0.0984. The maximum Gasteiger partial charge on any atom is 0.252 e. The Hall–Kier alpha value is -1.71. The van der Waals surface area contributed by atoms with E-state index >= 15 is 0 Å². The molecule has 0 aliphatic heterocycles. The normalized spacial score (nSPS) is 23.6. The molecule has 1 saturated carbocycles. The number of benzene rings is 1. The number of hydrogen-bond acceptors (Lipinski definition) is 3. The standard InChI is InChI=1S/C14H20N2O2/c1-9-5-7-10(8-6-9)18-13-11(14(16)17)3-2-4-12(13)15/h2-4,9-10H,5-8,15H2,1H3,(H2,16,17). The molecule has 1 fully saturated rings. The second-order valence-electron chi connectivity index (χ2n) is 5.09. The number of nitrogens with two attached hydrogens (primary N) is 2. The number of nitrogen functional groups attached to an aromatic ring is 1. The molecule has 4 heteroatoms. The number of rotatable bonds is 3. The molecular weight excluding hydrogens is 228 g/mol. The van der Waals surface area contributed by atoms with Gasteiger partial charge in [0.1, 0.15) is 0 Å². The van der Waals surface area contributed by atoms with Gasteiger partial charge in [-0.05, 0) is 43.7 Å². The fourth-order valence-electron chi connectivity index (χ4n) is 2.39. The van der Waals surface area contributed by atoms with Crippen LogP contribution < -0.4 is 16.2 Å². The van der Waals surface area contributed by atoms with Crippen LogP contribution in [0, 0.1) is 5.92 Å². The van der Waals surface area contributed by atoms with Crippen LogP contribution in [0.15, 0.2) is 18.2 Å². The summed E-state index contributed by atoms with van der Waals surface area (Å²) in [6.45, 7) is 2.25. The van der Waals surface area contributed by atoms with Gasteiger partial charge in [0.25, 0.3) is 5.91 Å². The molecular formula is C14H20N2O2. The van der Waals surface area contributed by atoms with Gasteiger partial charge >= 0.3 is 0 Å². The third-order valence-electron chi connectivity index (χ3n) is 3.56. The molecule has 0 atom stereocenters. The molecule has 98 valence electrons. The summed E-state index contributed by atoms with van der Waals surface area (Å²) < 4.78 is 5.90. The Labute approximate surface area is 107 Å². The fourth-order valence-corrected chi connectivity index (χ4v) is 2.39. The first-order valence-electron chi connectivity index (χ1n) is 6.43. The summed E-state index contributed by atoms with van der Waals surface area (Å²) >= 11 is 0. The molecule has 4 N–H and O–H groups in total. The molecule has 18 heavy (non-hydrogen) atoms. The zero-order chi connectivity index (χ0) is 13.1. The molecule has 0 radical (unpaired) electrons. The molecule has 0 heterocycles. The maximum atomic E-state index is 11.4. The quantitative estimate of drug-likeness (QED) is 0.806. The predicted molar refractivity (Wildman–Crippen MR) is 71.4 cm³/mol. The summed E-state index contributed by atoms with van der Waals surface area (Å²) in [5, 5.41) is 0. The summed E-state index contributed by atoms with van der Waals surface area (Å²) in [7, 11) is 0. The SMILES string of the molecule is CC1CCC(Oc2c(N)cccc2C(N)=O)CC1. The van der Waals surface area contributed by atoms with Gasteiger partial charge in [-0.15, -0.1) is 0 Å². The van der Waals surface area contributed by atoms with E-state index < -0.39 is 5.91 Å². The van der Waals surface area contributed by atoms with E-state index in [1.807, 2.05) is 0 Å². The number of ether oxygens (including phenoxy) is 1. The maximum absolute atomic E-state index is 11.4. The highest BCUT2D eigenvalue weighted by Gasteiger charge is 2.22. The van der Waals surface area contributed by atoms with E-state index in [0.29, 0.717) is 17.0 Å². The average Bonchev–Trinajstić information content (AvgIpc) is 2.34. The van der Waals surface area contributed by atoms with Crippen LogP contribution in [-0.2, 0) is 0 Å². The van der Waals surface area contributed by atoms with E-state index in [1.54, 1.807) is 18.2 Å². The van der Waals surface area contributed by atoms with Crippen molar-refractivity contribution in [1.82, 2.24) is 0 Å². The highest BCUT2D eigenvalue weighted by atomic mass is 16.5. The minimum absolute atomic E-state index is 0.143. The van der Waals surface area contributed by atoms with Gasteiger partial charge in [-0.3, -0.25) is 4.79 Å². The van der Waals surface area contributed by atoms with E-state index in [4.69, 9.17) is 16.2 Å². The second kappa shape index (κ2) is 5.29. The molecule has 0 unspecified atom stereocenters. The Bertz CT molecular complexity index is 437. The lowest BCUT2D eigenvalue weighted by Crippen LogP contribution is -2.25. The Morgan fingerprint density at radius 2 is 1.94 bits per heavy atom. The molecule has 1 aromatic rings. The highest BCUT2D eigenvalue weighted by molar-refractivity contribution is 5.97. The highest BCUT2D eigenvalue weighted by Crippen LogP contribution is 2.32. The lowest BCUT2D eigenvalue weighted by atomic mass is 9.89. The van der Waals surface area contributed by atoms with Crippen molar-refractivity contribution in [3.05, 3.63) is 23.8 Å². The third-order valence-corrected chi connectivity index (χ3v) is 3.56. The Balaban J connectivity index is 2.15. The van der Waals surface area contributed by atoms with Crippen molar-refractivity contribution in [2.24, 2.45) is 11.7 Å². The summed E-state index contributed by atoms with van der Waals surface area (Å²) in [5.41, 5.74) is 12.1. The number of hydrogen-bond donors (Lipinski definition) is 2. The van der Waals surface area contributed by atoms with Crippen molar-refractivity contribution < 1.29 is 9.53 Å². The van der Waals surface area contributed by atoms with E-state index in [9.17, 15) is 4.79 Å². The van der Waals surface area contributed by atoms with Gasteiger partial charge < -0.3 is 16.2 Å². The number of carbonyl (C=O) groups excluding carboxylic acids is 1. The van der Waals surface area contributed by atoms with Crippen LogP contribution in [0.1, 0.15) is 43.0 Å². The van der Waals surface area contributed by atoms with Crippen LogP contribution in [0.4, 0.5) is 5.69 Å². The first kappa shape index (κ1) is 12.7. The number of anilines is 1. The second-order valence-corrected chi connectivity index (χ2v) is 5.09. The van der Waals surface area contributed by atoms with E-state index in [0.717, 1.165) is 31.6 Å². The molecule has 1 amide bonds. The minimum Gasteiger partial charge on any atom is -0.487 e. The summed E-state index contributed by atoms with van der Waals surface area (Å²) in [6.07, 6.45) is 4.47. The van der Waals surface area contributed by atoms with Crippen LogP contribution in [0.2, 0.25) is 0 Å². The number of amides is 1. The molecule has 4 nitrogen and oxygen atoms in total. The van der Waals surface area contributed by atoms with Crippen LogP contribution in [0.3, 0.4) is 0 Å². The molecule has 1 aliphatic rings. The van der Waals surface area contributed by atoms with E-state index in [-0.39, 0.29) is 6.10 Å². The number of carbonyl (C=O) groups is 1. The molecule has 1 aliphatic carbocycles.